The number of rotatable bonds is 8. The molecule has 102 valence electrons. The molecule has 2 aromatic heterocycles. The van der Waals surface area contributed by atoms with Gasteiger partial charge >= 0.3 is 0 Å². The number of nitrogens with zero attached hydrogens (tertiary/aromatic N) is 4. The number of aryl methyl sites for hydroxylation is 1. The first-order valence-electron chi connectivity index (χ1n) is 6.41. The molecule has 0 saturated carbocycles. The minimum Gasteiger partial charge on any atom is -0.383 e. The Morgan fingerprint density at radius 3 is 3.11 bits per heavy atom. The first kappa shape index (κ1) is 13.6. The molecule has 19 heavy (non-hydrogen) atoms. The molecule has 0 amide bonds. The molecule has 1 N–H and O–H groups in total. The molecule has 0 aromatic carbocycles. The molecular formula is C13H19N5O. The van der Waals surface area contributed by atoms with Crippen LogP contribution in [0.15, 0.2) is 30.7 Å². The minimum atomic E-state index is 0.743. The third-order valence-electron chi connectivity index (χ3n) is 2.73. The summed E-state index contributed by atoms with van der Waals surface area (Å²) in [5.41, 5.74) is 1.21. The van der Waals surface area contributed by atoms with Crippen molar-refractivity contribution in [2.45, 2.75) is 12.8 Å². The van der Waals surface area contributed by atoms with Crippen molar-refractivity contribution >= 4 is 0 Å². The number of methoxy groups -OCH3 is 1. The summed E-state index contributed by atoms with van der Waals surface area (Å²) in [7, 11) is 1.71. The standard InChI is InChI=1S/C13H19N5O/c1-19-9-8-14-6-2-4-12-10-16-18(11-12)13-5-3-7-15-17-13/h3,5,7,10-11,14H,2,4,6,8-9H2,1H3. The van der Waals surface area contributed by atoms with E-state index in [1.54, 1.807) is 18.0 Å². The predicted octanol–water partition coefficient (Wildman–Crippen LogP) is 0.831. The minimum absolute atomic E-state index is 0.743. The van der Waals surface area contributed by atoms with Gasteiger partial charge in [-0.25, -0.2) is 4.68 Å². The van der Waals surface area contributed by atoms with E-state index in [-0.39, 0.29) is 0 Å². The van der Waals surface area contributed by atoms with Gasteiger partial charge in [0.05, 0.1) is 12.8 Å². The first-order chi connectivity index (χ1) is 9.40. The van der Waals surface area contributed by atoms with Crippen molar-refractivity contribution in [1.82, 2.24) is 25.3 Å². The van der Waals surface area contributed by atoms with E-state index in [9.17, 15) is 0 Å². The van der Waals surface area contributed by atoms with Gasteiger partial charge in [0.1, 0.15) is 0 Å². The maximum atomic E-state index is 4.97. The lowest BCUT2D eigenvalue weighted by molar-refractivity contribution is 0.199. The predicted molar refractivity (Wildman–Crippen MR) is 72.2 cm³/mol. The molecule has 2 heterocycles. The van der Waals surface area contributed by atoms with Crippen molar-refractivity contribution in [2.24, 2.45) is 0 Å². The van der Waals surface area contributed by atoms with E-state index in [0.717, 1.165) is 38.4 Å². The Kier molecular flexibility index (Phi) is 5.46. The molecular weight excluding hydrogens is 242 g/mol. The second-order valence-electron chi connectivity index (χ2n) is 4.22. The van der Waals surface area contributed by atoms with E-state index in [0.29, 0.717) is 0 Å². The lowest BCUT2D eigenvalue weighted by atomic mass is 10.2. The highest BCUT2D eigenvalue weighted by molar-refractivity contribution is 5.20. The second-order valence-corrected chi connectivity index (χ2v) is 4.22. The first-order valence-corrected chi connectivity index (χ1v) is 6.41. The van der Waals surface area contributed by atoms with Crippen molar-refractivity contribution in [3.63, 3.8) is 0 Å². The van der Waals surface area contributed by atoms with Gasteiger partial charge in [-0.1, -0.05) is 0 Å². The van der Waals surface area contributed by atoms with Crippen molar-refractivity contribution in [2.75, 3.05) is 26.8 Å². The van der Waals surface area contributed by atoms with Gasteiger partial charge in [0.2, 0.25) is 0 Å². The van der Waals surface area contributed by atoms with Gasteiger partial charge in [0.15, 0.2) is 5.82 Å². The number of nitrogens with one attached hydrogen (secondary N) is 1. The van der Waals surface area contributed by atoms with Gasteiger partial charge in [-0.05, 0) is 37.1 Å². The Morgan fingerprint density at radius 2 is 2.32 bits per heavy atom. The van der Waals surface area contributed by atoms with Crippen LogP contribution in [0.25, 0.3) is 5.82 Å². The van der Waals surface area contributed by atoms with Crippen LogP contribution in [0.2, 0.25) is 0 Å². The number of hydrogen-bond acceptors (Lipinski definition) is 5. The van der Waals surface area contributed by atoms with Crippen molar-refractivity contribution in [3.8, 4) is 5.82 Å². The average molecular weight is 261 g/mol. The second kappa shape index (κ2) is 7.60. The molecule has 0 unspecified atom stereocenters. The largest absolute Gasteiger partial charge is 0.383 e. The Balaban J connectivity index is 1.75. The normalized spacial score (nSPS) is 10.8. The van der Waals surface area contributed by atoms with Crippen LogP contribution in [0.1, 0.15) is 12.0 Å². The highest BCUT2D eigenvalue weighted by Gasteiger charge is 2.01. The van der Waals surface area contributed by atoms with Crippen molar-refractivity contribution in [1.29, 1.82) is 0 Å². The van der Waals surface area contributed by atoms with E-state index >= 15 is 0 Å². The third kappa shape index (κ3) is 4.42. The number of aromatic nitrogens is 4. The average Bonchev–Trinajstić information content (AvgIpc) is 2.92. The summed E-state index contributed by atoms with van der Waals surface area (Å²) in [6, 6.07) is 3.74. The molecule has 0 bridgehead atoms. The van der Waals surface area contributed by atoms with Crippen molar-refractivity contribution < 1.29 is 4.74 Å². The van der Waals surface area contributed by atoms with E-state index in [1.807, 2.05) is 24.5 Å². The van der Waals surface area contributed by atoms with Gasteiger partial charge in [-0.3, -0.25) is 0 Å². The lowest BCUT2D eigenvalue weighted by Crippen LogP contribution is -2.20. The summed E-state index contributed by atoms with van der Waals surface area (Å²) in [4.78, 5) is 0. The summed E-state index contributed by atoms with van der Waals surface area (Å²) in [6.45, 7) is 2.64. The topological polar surface area (TPSA) is 64.9 Å². The molecule has 0 aliphatic heterocycles. The number of hydrogen-bond donors (Lipinski definition) is 1. The van der Waals surface area contributed by atoms with E-state index in [2.05, 4.69) is 20.6 Å². The molecule has 6 nitrogen and oxygen atoms in total. The SMILES string of the molecule is COCCNCCCc1cnn(-c2cccnn2)c1. The van der Waals surface area contributed by atoms with Crippen LogP contribution >= 0.6 is 0 Å². The van der Waals surface area contributed by atoms with Crippen LogP contribution in [0.4, 0.5) is 0 Å². The van der Waals surface area contributed by atoms with Crippen LogP contribution in [0.5, 0.6) is 0 Å². The fourth-order valence-electron chi connectivity index (χ4n) is 1.75. The van der Waals surface area contributed by atoms with E-state index < -0.39 is 0 Å². The molecule has 0 saturated heterocycles. The van der Waals surface area contributed by atoms with Gasteiger partial charge < -0.3 is 10.1 Å². The van der Waals surface area contributed by atoms with Gasteiger partial charge in [0, 0.05) is 26.0 Å². The van der Waals surface area contributed by atoms with Crippen LogP contribution in [0, 0.1) is 0 Å². The van der Waals surface area contributed by atoms with Crippen LogP contribution in [-0.2, 0) is 11.2 Å². The highest BCUT2D eigenvalue weighted by Crippen LogP contribution is 2.05. The highest BCUT2D eigenvalue weighted by atomic mass is 16.5. The summed E-state index contributed by atoms with van der Waals surface area (Å²) < 4.78 is 6.72. The fourth-order valence-corrected chi connectivity index (χ4v) is 1.75. The molecule has 0 aliphatic carbocycles. The van der Waals surface area contributed by atoms with Crippen LogP contribution in [-0.4, -0.2) is 46.8 Å². The summed E-state index contributed by atoms with van der Waals surface area (Å²) in [5.74, 6) is 0.743. The Morgan fingerprint density at radius 1 is 1.37 bits per heavy atom. The summed E-state index contributed by atoms with van der Waals surface area (Å²) in [6.07, 6.45) is 7.61. The maximum absolute atomic E-state index is 4.97. The lowest BCUT2D eigenvalue weighted by Gasteiger charge is -2.02. The Labute approximate surface area is 112 Å². The fraction of sp³-hybridized carbons (Fsp3) is 0.462. The molecule has 0 radical (unpaired) electrons. The Hall–Kier alpha value is -1.79. The van der Waals surface area contributed by atoms with E-state index in [4.69, 9.17) is 4.74 Å². The van der Waals surface area contributed by atoms with Crippen LogP contribution < -0.4 is 5.32 Å². The summed E-state index contributed by atoms with van der Waals surface area (Å²) >= 11 is 0. The molecule has 0 fully saturated rings. The molecule has 6 heteroatoms. The third-order valence-corrected chi connectivity index (χ3v) is 2.73. The number of ether oxygens (including phenoxy) is 1. The zero-order valence-corrected chi connectivity index (χ0v) is 11.1. The monoisotopic (exact) mass is 261 g/mol. The molecule has 0 atom stereocenters. The Bertz CT molecular complexity index is 471. The molecule has 2 aromatic rings. The van der Waals surface area contributed by atoms with E-state index in [1.165, 1.54) is 5.56 Å². The molecule has 2 rings (SSSR count). The van der Waals surface area contributed by atoms with Crippen molar-refractivity contribution in [3.05, 3.63) is 36.3 Å². The van der Waals surface area contributed by atoms with Gasteiger partial charge in [-0.2, -0.15) is 10.2 Å². The van der Waals surface area contributed by atoms with Gasteiger partial charge in [-0.15, -0.1) is 5.10 Å². The molecule has 0 spiro atoms. The zero-order chi connectivity index (χ0) is 13.3. The molecule has 0 aliphatic rings. The zero-order valence-electron chi connectivity index (χ0n) is 11.1. The quantitative estimate of drug-likeness (QED) is 0.713. The van der Waals surface area contributed by atoms with Crippen LogP contribution in [0.3, 0.4) is 0 Å². The van der Waals surface area contributed by atoms with Gasteiger partial charge in [0.25, 0.3) is 0 Å². The maximum Gasteiger partial charge on any atom is 0.175 e. The smallest absolute Gasteiger partial charge is 0.175 e. The summed E-state index contributed by atoms with van der Waals surface area (Å²) in [5, 5.41) is 15.5.